The zero-order valence-corrected chi connectivity index (χ0v) is 17.9. The molecule has 0 heterocycles. The molecular formula is C24H24N2O7. The maximum absolute atomic E-state index is 12.5. The van der Waals surface area contributed by atoms with Crippen molar-refractivity contribution in [2.24, 2.45) is 11.8 Å². The lowest BCUT2D eigenvalue weighted by Gasteiger charge is -2.24. The van der Waals surface area contributed by atoms with Gasteiger partial charge in [0.15, 0.2) is 6.61 Å². The molecule has 0 aliphatic heterocycles. The highest BCUT2D eigenvalue weighted by Gasteiger charge is 2.33. The van der Waals surface area contributed by atoms with Crippen LogP contribution in [0.2, 0.25) is 0 Å². The monoisotopic (exact) mass is 452 g/mol. The minimum Gasteiger partial charge on any atom is -0.497 e. The minimum atomic E-state index is -1.01. The SMILES string of the molecule is COc1ccc(NC(=O)COC(=O)c2ccc(NC(=O)[C@H]3CC=CC[C@H]3C(=O)O)cc2)cc1. The molecule has 9 heteroatoms. The fraction of sp³-hybridized carbons (Fsp3) is 0.250. The molecule has 9 nitrogen and oxygen atoms in total. The number of allylic oxidation sites excluding steroid dienone is 2. The van der Waals surface area contributed by atoms with Crippen molar-refractivity contribution < 1.29 is 33.8 Å². The van der Waals surface area contributed by atoms with Crippen LogP contribution in [0.3, 0.4) is 0 Å². The Morgan fingerprint density at radius 3 is 2.06 bits per heavy atom. The van der Waals surface area contributed by atoms with Crippen LogP contribution in [0.1, 0.15) is 23.2 Å². The normalized spacial score (nSPS) is 17.0. The summed E-state index contributed by atoms with van der Waals surface area (Å²) < 4.78 is 10.1. The predicted molar refractivity (Wildman–Crippen MR) is 120 cm³/mol. The number of ether oxygens (including phenoxy) is 2. The molecule has 0 unspecified atom stereocenters. The van der Waals surface area contributed by atoms with Crippen molar-refractivity contribution in [3.05, 3.63) is 66.2 Å². The smallest absolute Gasteiger partial charge is 0.338 e. The highest BCUT2D eigenvalue weighted by molar-refractivity contribution is 5.97. The number of hydrogen-bond acceptors (Lipinski definition) is 6. The van der Waals surface area contributed by atoms with E-state index in [0.29, 0.717) is 30.0 Å². The first-order valence-electron chi connectivity index (χ1n) is 10.3. The van der Waals surface area contributed by atoms with Gasteiger partial charge in [-0.2, -0.15) is 0 Å². The minimum absolute atomic E-state index is 0.203. The molecule has 0 saturated heterocycles. The Balaban J connectivity index is 1.50. The van der Waals surface area contributed by atoms with E-state index in [1.807, 2.05) is 0 Å². The highest BCUT2D eigenvalue weighted by Crippen LogP contribution is 2.27. The van der Waals surface area contributed by atoms with Crippen LogP contribution in [-0.2, 0) is 19.1 Å². The van der Waals surface area contributed by atoms with E-state index in [2.05, 4.69) is 10.6 Å². The number of nitrogens with one attached hydrogen (secondary N) is 2. The molecular weight excluding hydrogens is 428 g/mol. The lowest BCUT2D eigenvalue weighted by molar-refractivity contribution is -0.146. The molecule has 2 atom stereocenters. The Morgan fingerprint density at radius 1 is 0.879 bits per heavy atom. The van der Waals surface area contributed by atoms with Gasteiger partial charge in [-0.1, -0.05) is 12.2 Å². The van der Waals surface area contributed by atoms with Gasteiger partial charge in [0.25, 0.3) is 5.91 Å². The molecule has 3 N–H and O–H groups in total. The lowest BCUT2D eigenvalue weighted by atomic mass is 9.82. The summed E-state index contributed by atoms with van der Waals surface area (Å²) in [7, 11) is 1.54. The van der Waals surface area contributed by atoms with Gasteiger partial charge in [0.1, 0.15) is 5.75 Å². The Bertz CT molecular complexity index is 1050. The van der Waals surface area contributed by atoms with Crippen molar-refractivity contribution in [1.29, 1.82) is 0 Å². The number of amides is 2. The maximum Gasteiger partial charge on any atom is 0.338 e. The fourth-order valence-corrected chi connectivity index (χ4v) is 3.39. The molecule has 2 aromatic carbocycles. The quantitative estimate of drug-likeness (QED) is 0.414. The van der Waals surface area contributed by atoms with Gasteiger partial charge < -0.3 is 25.2 Å². The van der Waals surface area contributed by atoms with Crippen molar-refractivity contribution in [2.75, 3.05) is 24.4 Å². The van der Waals surface area contributed by atoms with Gasteiger partial charge in [0, 0.05) is 11.4 Å². The number of benzene rings is 2. The van der Waals surface area contributed by atoms with Crippen molar-refractivity contribution in [3.8, 4) is 5.75 Å². The molecule has 0 spiro atoms. The van der Waals surface area contributed by atoms with Gasteiger partial charge in [-0.05, 0) is 61.4 Å². The standard InChI is InChI=1S/C24H24N2O7/c1-32-18-12-10-16(11-13-18)25-21(27)14-33-24(31)15-6-8-17(9-7-15)26-22(28)19-4-2-3-5-20(19)23(29)30/h2-3,6-13,19-20H,4-5,14H2,1H3,(H,25,27)(H,26,28)(H,29,30)/t19-,20+/m0/s1. The summed E-state index contributed by atoms with van der Waals surface area (Å²) in [5, 5.41) is 14.6. The Labute approximate surface area is 190 Å². The predicted octanol–water partition coefficient (Wildman–Crippen LogP) is 3.10. The Morgan fingerprint density at radius 2 is 1.45 bits per heavy atom. The number of carbonyl (C=O) groups is 4. The number of methoxy groups -OCH3 is 1. The molecule has 0 radical (unpaired) electrons. The molecule has 2 aromatic rings. The van der Waals surface area contributed by atoms with E-state index in [1.165, 1.54) is 31.4 Å². The van der Waals surface area contributed by atoms with Gasteiger partial charge in [0.2, 0.25) is 5.91 Å². The van der Waals surface area contributed by atoms with E-state index < -0.39 is 42.2 Å². The van der Waals surface area contributed by atoms with Crippen molar-refractivity contribution in [2.45, 2.75) is 12.8 Å². The van der Waals surface area contributed by atoms with Crippen LogP contribution in [0.15, 0.2) is 60.7 Å². The zero-order valence-electron chi connectivity index (χ0n) is 17.9. The second-order valence-corrected chi connectivity index (χ2v) is 7.41. The van der Waals surface area contributed by atoms with E-state index in [1.54, 1.807) is 36.4 Å². The second-order valence-electron chi connectivity index (χ2n) is 7.41. The number of aliphatic carboxylic acids is 1. The number of hydrogen-bond donors (Lipinski definition) is 3. The molecule has 0 saturated carbocycles. The Hall–Kier alpha value is -4.14. The van der Waals surface area contributed by atoms with Gasteiger partial charge in [-0.25, -0.2) is 4.79 Å². The third kappa shape index (κ3) is 6.42. The number of carboxylic acids is 1. The number of carbonyl (C=O) groups excluding carboxylic acids is 3. The van der Waals surface area contributed by atoms with Crippen LogP contribution in [0, 0.1) is 11.8 Å². The van der Waals surface area contributed by atoms with E-state index in [0.717, 1.165) is 0 Å². The van der Waals surface area contributed by atoms with Gasteiger partial charge in [0.05, 0.1) is 24.5 Å². The molecule has 2 amide bonds. The molecule has 1 aliphatic rings. The first-order valence-corrected chi connectivity index (χ1v) is 10.3. The Kier molecular flexibility index (Phi) is 7.80. The third-order valence-electron chi connectivity index (χ3n) is 5.18. The summed E-state index contributed by atoms with van der Waals surface area (Å²) in [4.78, 5) is 48.1. The lowest BCUT2D eigenvalue weighted by Crippen LogP contribution is -2.34. The largest absolute Gasteiger partial charge is 0.497 e. The van der Waals surface area contributed by atoms with Crippen molar-refractivity contribution in [3.63, 3.8) is 0 Å². The molecule has 172 valence electrons. The molecule has 1 aliphatic carbocycles. The summed E-state index contributed by atoms with van der Waals surface area (Å²) in [6.07, 6.45) is 4.23. The summed E-state index contributed by atoms with van der Waals surface area (Å²) in [5.41, 5.74) is 1.16. The maximum atomic E-state index is 12.5. The zero-order chi connectivity index (χ0) is 23.8. The highest BCUT2D eigenvalue weighted by atomic mass is 16.5. The molecule has 0 aromatic heterocycles. The molecule has 3 rings (SSSR count). The average Bonchev–Trinajstić information content (AvgIpc) is 2.83. The van der Waals surface area contributed by atoms with Crippen LogP contribution in [0.5, 0.6) is 5.75 Å². The van der Waals surface area contributed by atoms with Crippen molar-refractivity contribution in [1.82, 2.24) is 0 Å². The number of esters is 1. The van der Waals surface area contributed by atoms with Gasteiger partial charge in [-0.3, -0.25) is 14.4 Å². The van der Waals surface area contributed by atoms with Crippen molar-refractivity contribution >= 4 is 35.1 Å². The number of rotatable bonds is 8. The molecule has 0 bridgehead atoms. The fourth-order valence-electron chi connectivity index (χ4n) is 3.39. The summed E-state index contributed by atoms with van der Waals surface area (Å²) in [5.74, 6) is -3.37. The molecule has 0 fully saturated rings. The summed E-state index contributed by atoms with van der Waals surface area (Å²) in [6.45, 7) is -0.463. The number of carboxylic acid groups (broad SMARTS) is 1. The van der Waals surface area contributed by atoms with Crippen LogP contribution >= 0.6 is 0 Å². The van der Waals surface area contributed by atoms with Crippen LogP contribution in [0.4, 0.5) is 11.4 Å². The van der Waals surface area contributed by atoms with Crippen LogP contribution in [0.25, 0.3) is 0 Å². The molecule has 33 heavy (non-hydrogen) atoms. The van der Waals surface area contributed by atoms with Gasteiger partial charge in [-0.15, -0.1) is 0 Å². The van der Waals surface area contributed by atoms with E-state index >= 15 is 0 Å². The number of anilines is 2. The van der Waals surface area contributed by atoms with Crippen LogP contribution in [-0.4, -0.2) is 42.6 Å². The van der Waals surface area contributed by atoms with E-state index in [9.17, 15) is 24.3 Å². The topological polar surface area (TPSA) is 131 Å². The third-order valence-corrected chi connectivity index (χ3v) is 5.18. The summed E-state index contributed by atoms with van der Waals surface area (Å²) in [6, 6.07) is 12.6. The van der Waals surface area contributed by atoms with E-state index in [4.69, 9.17) is 9.47 Å². The van der Waals surface area contributed by atoms with Crippen LogP contribution < -0.4 is 15.4 Å². The first kappa shape index (κ1) is 23.5. The summed E-state index contributed by atoms with van der Waals surface area (Å²) >= 11 is 0. The second kappa shape index (κ2) is 10.9. The van der Waals surface area contributed by atoms with Gasteiger partial charge >= 0.3 is 11.9 Å². The van der Waals surface area contributed by atoms with E-state index in [-0.39, 0.29) is 5.56 Å². The average molecular weight is 452 g/mol. The first-order chi connectivity index (χ1) is 15.9.